The first-order valence-corrected chi connectivity index (χ1v) is 5.11. The molecule has 2 aromatic rings. The lowest BCUT2D eigenvalue weighted by molar-refractivity contribution is 0.0988. The summed E-state index contributed by atoms with van der Waals surface area (Å²) in [6.45, 7) is 0. The first-order chi connectivity index (χ1) is 6.86. The number of carbonyl (C=O) groups excluding carboxylic acids is 1. The third-order valence-corrected chi connectivity index (χ3v) is 2.53. The van der Waals surface area contributed by atoms with Gasteiger partial charge in [-0.3, -0.25) is 9.78 Å². The van der Waals surface area contributed by atoms with Crippen molar-refractivity contribution in [2.75, 3.05) is 0 Å². The molecule has 0 spiro atoms. The smallest absolute Gasteiger partial charge is 0.187 e. The van der Waals surface area contributed by atoms with Crippen LogP contribution < -0.4 is 0 Å². The summed E-state index contributed by atoms with van der Waals surface area (Å²) in [4.78, 5) is 19.4. The maximum atomic E-state index is 11.6. The molecule has 0 fully saturated rings. The van der Waals surface area contributed by atoms with Gasteiger partial charge in [0, 0.05) is 18.8 Å². The Morgan fingerprint density at radius 3 is 3.00 bits per heavy atom. The van der Waals surface area contributed by atoms with Gasteiger partial charge in [0.25, 0.3) is 0 Å². The third kappa shape index (κ3) is 2.03. The molecule has 0 aliphatic rings. The summed E-state index contributed by atoms with van der Waals surface area (Å²) >= 11 is 1.59. The Kier molecular flexibility index (Phi) is 2.65. The lowest BCUT2D eigenvalue weighted by Gasteiger charge is -1.96. The van der Waals surface area contributed by atoms with Crippen LogP contribution in [-0.4, -0.2) is 15.8 Å². The Labute approximate surface area is 85.5 Å². The SMILES string of the molecule is O=C(Cc1ccsc1)c1cnccn1. The normalized spacial score (nSPS) is 10.0. The molecule has 0 bridgehead atoms. The number of carbonyl (C=O) groups is 1. The van der Waals surface area contributed by atoms with E-state index in [9.17, 15) is 4.79 Å². The highest BCUT2D eigenvalue weighted by atomic mass is 32.1. The van der Waals surface area contributed by atoms with Gasteiger partial charge in [-0.15, -0.1) is 0 Å². The highest BCUT2D eigenvalue weighted by Gasteiger charge is 2.07. The zero-order valence-corrected chi connectivity index (χ0v) is 8.20. The van der Waals surface area contributed by atoms with E-state index in [0.717, 1.165) is 5.56 Å². The maximum Gasteiger partial charge on any atom is 0.187 e. The standard InChI is InChI=1S/C10H8N2OS/c13-10(5-8-1-4-14-7-8)9-6-11-2-3-12-9/h1-4,6-7H,5H2. The predicted molar refractivity (Wildman–Crippen MR) is 54.4 cm³/mol. The molecule has 4 heteroatoms. The van der Waals surface area contributed by atoms with Gasteiger partial charge in [0.05, 0.1) is 6.20 Å². The molecule has 0 aliphatic carbocycles. The number of nitrogens with zero attached hydrogens (tertiary/aromatic N) is 2. The molecule has 2 heterocycles. The van der Waals surface area contributed by atoms with Gasteiger partial charge in [-0.1, -0.05) is 0 Å². The van der Waals surface area contributed by atoms with E-state index in [2.05, 4.69) is 9.97 Å². The van der Waals surface area contributed by atoms with E-state index in [0.29, 0.717) is 12.1 Å². The van der Waals surface area contributed by atoms with Crippen LogP contribution in [0.15, 0.2) is 35.4 Å². The Bertz CT molecular complexity index is 411. The molecule has 0 saturated heterocycles. The van der Waals surface area contributed by atoms with Crippen LogP contribution in [0.3, 0.4) is 0 Å². The first-order valence-electron chi connectivity index (χ1n) is 4.16. The largest absolute Gasteiger partial charge is 0.292 e. The molecule has 0 aliphatic heterocycles. The number of Topliss-reactive ketones (excluding diaryl/α,β-unsaturated/α-hetero) is 1. The number of ketones is 1. The molecular weight excluding hydrogens is 196 g/mol. The van der Waals surface area contributed by atoms with E-state index in [-0.39, 0.29) is 5.78 Å². The van der Waals surface area contributed by atoms with Gasteiger partial charge in [-0.2, -0.15) is 11.3 Å². The topological polar surface area (TPSA) is 42.9 Å². The second-order valence-electron chi connectivity index (χ2n) is 2.82. The Hall–Kier alpha value is -1.55. The summed E-state index contributed by atoms with van der Waals surface area (Å²) in [7, 11) is 0. The summed E-state index contributed by atoms with van der Waals surface area (Å²) in [5.41, 5.74) is 1.46. The van der Waals surface area contributed by atoms with Crippen molar-refractivity contribution in [3.8, 4) is 0 Å². The summed E-state index contributed by atoms with van der Waals surface area (Å²) in [6, 6.07) is 1.94. The lowest BCUT2D eigenvalue weighted by atomic mass is 10.1. The third-order valence-electron chi connectivity index (χ3n) is 1.79. The van der Waals surface area contributed by atoms with Crippen LogP contribution in [0.5, 0.6) is 0 Å². The van der Waals surface area contributed by atoms with Gasteiger partial charge < -0.3 is 0 Å². The van der Waals surface area contributed by atoms with Crippen molar-refractivity contribution in [3.63, 3.8) is 0 Å². The number of hydrogen-bond acceptors (Lipinski definition) is 4. The quantitative estimate of drug-likeness (QED) is 0.718. The fourth-order valence-corrected chi connectivity index (χ4v) is 1.78. The van der Waals surface area contributed by atoms with Crippen LogP contribution in [0.25, 0.3) is 0 Å². The Morgan fingerprint density at radius 1 is 1.43 bits per heavy atom. The Balaban J connectivity index is 2.11. The van der Waals surface area contributed by atoms with Crippen LogP contribution in [0.4, 0.5) is 0 Å². The van der Waals surface area contributed by atoms with Crippen molar-refractivity contribution in [3.05, 3.63) is 46.7 Å². The van der Waals surface area contributed by atoms with Gasteiger partial charge >= 0.3 is 0 Å². The molecule has 0 saturated carbocycles. The zero-order chi connectivity index (χ0) is 9.80. The van der Waals surface area contributed by atoms with Crippen molar-refractivity contribution in [1.82, 2.24) is 9.97 Å². The average Bonchev–Trinajstić information content (AvgIpc) is 2.72. The fraction of sp³-hybridized carbons (Fsp3) is 0.100. The van der Waals surface area contributed by atoms with Gasteiger partial charge in [0.15, 0.2) is 5.78 Å². The van der Waals surface area contributed by atoms with Gasteiger partial charge in [0.1, 0.15) is 5.69 Å². The van der Waals surface area contributed by atoms with Crippen LogP contribution in [-0.2, 0) is 6.42 Å². The summed E-state index contributed by atoms with van der Waals surface area (Å²) in [5, 5.41) is 3.92. The average molecular weight is 204 g/mol. The van der Waals surface area contributed by atoms with Gasteiger partial charge in [-0.25, -0.2) is 4.98 Å². The van der Waals surface area contributed by atoms with E-state index in [1.165, 1.54) is 12.4 Å². The van der Waals surface area contributed by atoms with Crippen LogP contribution in [0.1, 0.15) is 16.1 Å². The minimum Gasteiger partial charge on any atom is -0.292 e. The van der Waals surface area contributed by atoms with Crippen LogP contribution in [0, 0.1) is 0 Å². The number of aromatic nitrogens is 2. The number of rotatable bonds is 3. The molecule has 0 radical (unpaired) electrons. The van der Waals surface area contributed by atoms with Crippen LogP contribution >= 0.6 is 11.3 Å². The molecule has 0 amide bonds. The van der Waals surface area contributed by atoms with E-state index >= 15 is 0 Å². The molecule has 0 unspecified atom stereocenters. The molecule has 2 rings (SSSR count). The summed E-state index contributed by atoms with van der Waals surface area (Å²) in [5.74, 6) is 0.0106. The fourth-order valence-electron chi connectivity index (χ4n) is 1.11. The molecule has 0 N–H and O–H groups in total. The van der Waals surface area contributed by atoms with E-state index in [4.69, 9.17) is 0 Å². The monoisotopic (exact) mass is 204 g/mol. The molecule has 70 valence electrons. The van der Waals surface area contributed by atoms with E-state index in [1.54, 1.807) is 17.5 Å². The first kappa shape index (κ1) is 9.02. The molecule has 3 nitrogen and oxygen atoms in total. The molecule has 2 aromatic heterocycles. The van der Waals surface area contributed by atoms with Crippen molar-refractivity contribution >= 4 is 17.1 Å². The van der Waals surface area contributed by atoms with Crippen molar-refractivity contribution < 1.29 is 4.79 Å². The molecular formula is C10H8N2OS. The summed E-state index contributed by atoms with van der Waals surface area (Å²) < 4.78 is 0. The van der Waals surface area contributed by atoms with Crippen molar-refractivity contribution in [2.24, 2.45) is 0 Å². The zero-order valence-electron chi connectivity index (χ0n) is 7.38. The Morgan fingerprint density at radius 2 is 2.36 bits per heavy atom. The highest BCUT2D eigenvalue weighted by Crippen LogP contribution is 2.08. The van der Waals surface area contributed by atoms with Crippen molar-refractivity contribution in [1.29, 1.82) is 0 Å². The predicted octanol–water partition coefficient (Wildman–Crippen LogP) is 1.96. The van der Waals surface area contributed by atoms with Gasteiger partial charge in [-0.05, 0) is 22.4 Å². The number of hydrogen-bond donors (Lipinski definition) is 0. The van der Waals surface area contributed by atoms with E-state index in [1.807, 2.05) is 16.8 Å². The lowest BCUT2D eigenvalue weighted by Crippen LogP contribution is -2.05. The highest BCUT2D eigenvalue weighted by molar-refractivity contribution is 7.08. The number of thiophene rings is 1. The minimum absolute atomic E-state index is 0.0106. The minimum atomic E-state index is 0.0106. The second-order valence-corrected chi connectivity index (χ2v) is 3.60. The maximum absolute atomic E-state index is 11.6. The second kappa shape index (κ2) is 4.11. The summed E-state index contributed by atoms with van der Waals surface area (Å²) in [6.07, 6.45) is 4.99. The van der Waals surface area contributed by atoms with Gasteiger partial charge in [0.2, 0.25) is 0 Å². The molecule has 0 atom stereocenters. The van der Waals surface area contributed by atoms with Crippen molar-refractivity contribution in [2.45, 2.75) is 6.42 Å². The van der Waals surface area contributed by atoms with E-state index < -0.39 is 0 Å². The van der Waals surface area contributed by atoms with Crippen LogP contribution in [0.2, 0.25) is 0 Å². The molecule has 0 aromatic carbocycles. The molecule has 14 heavy (non-hydrogen) atoms.